The minimum Gasteiger partial charge on any atom is -0.484 e. The lowest BCUT2D eigenvalue weighted by Gasteiger charge is -2.14. The molecular formula is C11H13BrFNO2. The maximum Gasteiger partial charge on any atom is 0.260 e. The molecule has 0 fully saturated rings. The zero-order valence-corrected chi connectivity index (χ0v) is 10.8. The van der Waals surface area contributed by atoms with E-state index < -0.39 is 0 Å². The number of ether oxygens (including phenoxy) is 1. The zero-order valence-electron chi connectivity index (χ0n) is 9.17. The Morgan fingerprint density at radius 1 is 1.56 bits per heavy atom. The Labute approximate surface area is 102 Å². The summed E-state index contributed by atoms with van der Waals surface area (Å²) >= 11 is 3.05. The maximum atomic E-state index is 12.9. The van der Waals surface area contributed by atoms with Crippen molar-refractivity contribution >= 4 is 21.8 Å². The Morgan fingerprint density at radius 2 is 2.25 bits per heavy atom. The minimum absolute atomic E-state index is 0.0393. The number of carbonyl (C=O) groups excluding carboxylic acids is 1. The molecule has 0 radical (unpaired) electrons. The number of likely N-dealkylation sites (N-methyl/N-ethyl adjacent to an activating group) is 1. The summed E-state index contributed by atoms with van der Waals surface area (Å²) in [5.74, 6) is -0.00146. The first-order chi connectivity index (χ1) is 7.54. The van der Waals surface area contributed by atoms with Gasteiger partial charge in [-0.1, -0.05) is 0 Å². The highest BCUT2D eigenvalue weighted by Crippen LogP contribution is 2.21. The monoisotopic (exact) mass is 289 g/mol. The molecule has 3 nitrogen and oxygen atoms in total. The SMILES string of the molecule is CCN(C)C(=O)COc1ccc(F)c(Br)c1. The van der Waals surface area contributed by atoms with Gasteiger partial charge in [0.2, 0.25) is 0 Å². The molecule has 16 heavy (non-hydrogen) atoms. The van der Waals surface area contributed by atoms with E-state index in [-0.39, 0.29) is 18.3 Å². The van der Waals surface area contributed by atoms with E-state index in [2.05, 4.69) is 15.9 Å². The van der Waals surface area contributed by atoms with Crippen molar-refractivity contribution in [2.75, 3.05) is 20.2 Å². The van der Waals surface area contributed by atoms with Gasteiger partial charge < -0.3 is 9.64 Å². The number of nitrogens with zero attached hydrogens (tertiary/aromatic N) is 1. The number of carbonyl (C=O) groups is 1. The molecule has 0 atom stereocenters. The van der Waals surface area contributed by atoms with Crippen LogP contribution in [0, 0.1) is 5.82 Å². The Morgan fingerprint density at radius 3 is 2.81 bits per heavy atom. The van der Waals surface area contributed by atoms with Crippen molar-refractivity contribution in [1.82, 2.24) is 4.90 Å². The van der Waals surface area contributed by atoms with Crippen LogP contribution in [0.25, 0.3) is 0 Å². The quantitative estimate of drug-likeness (QED) is 0.852. The summed E-state index contributed by atoms with van der Waals surface area (Å²) in [6, 6.07) is 4.27. The largest absolute Gasteiger partial charge is 0.484 e. The summed E-state index contributed by atoms with van der Waals surface area (Å²) in [6.45, 7) is 2.48. The van der Waals surface area contributed by atoms with Crippen LogP contribution in [-0.2, 0) is 4.79 Å². The van der Waals surface area contributed by atoms with Gasteiger partial charge in [0.05, 0.1) is 4.47 Å². The van der Waals surface area contributed by atoms with Gasteiger partial charge in [0, 0.05) is 13.6 Å². The van der Waals surface area contributed by atoms with Crippen LogP contribution < -0.4 is 4.74 Å². The van der Waals surface area contributed by atoms with E-state index in [4.69, 9.17) is 4.74 Å². The summed E-state index contributed by atoms with van der Waals surface area (Å²) in [5, 5.41) is 0. The van der Waals surface area contributed by atoms with Gasteiger partial charge in [-0.3, -0.25) is 4.79 Å². The van der Waals surface area contributed by atoms with E-state index in [1.165, 1.54) is 18.2 Å². The molecular weight excluding hydrogens is 277 g/mol. The predicted octanol–water partition coefficient (Wildman–Crippen LogP) is 2.45. The van der Waals surface area contributed by atoms with E-state index >= 15 is 0 Å². The predicted molar refractivity (Wildman–Crippen MR) is 62.9 cm³/mol. The molecule has 0 aromatic heterocycles. The molecule has 1 aromatic carbocycles. The Bertz CT molecular complexity index is 384. The fourth-order valence-corrected chi connectivity index (χ4v) is 1.36. The van der Waals surface area contributed by atoms with Crippen molar-refractivity contribution in [1.29, 1.82) is 0 Å². The Hall–Kier alpha value is -1.10. The molecule has 5 heteroatoms. The van der Waals surface area contributed by atoms with Crippen LogP contribution in [0.15, 0.2) is 22.7 Å². The van der Waals surface area contributed by atoms with Gasteiger partial charge in [-0.15, -0.1) is 0 Å². The van der Waals surface area contributed by atoms with E-state index in [0.717, 1.165) is 0 Å². The van der Waals surface area contributed by atoms with Crippen LogP contribution in [0.4, 0.5) is 4.39 Å². The lowest BCUT2D eigenvalue weighted by Crippen LogP contribution is -2.31. The second-order valence-corrected chi connectivity index (χ2v) is 4.13. The van der Waals surface area contributed by atoms with Crippen molar-refractivity contribution in [3.8, 4) is 5.75 Å². The summed E-state index contributed by atoms with van der Waals surface area (Å²) in [7, 11) is 1.70. The molecule has 0 aliphatic heterocycles. The van der Waals surface area contributed by atoms with Crippen LogP contribution >= 0.6 is 15.9 Å². The van der Waals surface area contributed by atoms with Crippen LogP contribution in [-0.4, -0.2) is 31.0 Å². The third-order valence-electron chi connectivity index (χ3n) is 2.15. The molecule has 0 bridgehead atoms. The lowest BCUT2D eigenvalue weighted by atomic mass is 10.3. The molecule has 0 spiro atoms. The fourth-order valence-electron chi connectivity index (χ4n) is 0.998. The molecule has 0 saturated heterocycles. The summed E-state index contributed by atoms with van der Waals surface area (Å²) in [5.41, 5.74) is 0. The van der Waals surface area contributed by atoms with Gasteiger partial charge in [0.15, 0.2) is 6.61 Å². The van der Waals surface area contributed by atoms with Crippen LogP contribution in [0.2, 0.25) is 0 Å². The topological polar surface area (TPSA) is 29.5 Å². The fraction of sp³-hybridized carbons (Fsp3) is 0.364. The second kappa shape index (κ2) is 5.84. The maximum absolute atomic E-state index is 12.9. The highest BCUT2D eigenvalue weighted by molar-refractivity contribution is 9.10. The van der Waals surface area contributed by atoms with E-state index in [1.807, 2.05) is 6.92 Å². The van der Waals surface area contributed by atoms with Crippen LogP contribution in [0.1, 0.15) is 6.92 Å². The average Bonchev–Trinajstić information content (AvgIpc) is 2.29. The smallest absolute Gasteiger partial charge is 0.260 e. The average molecular weight is 290 g/mol. The highest BCUT2D eigenvalue weighted by Gasteiger charge is 2.08. The number of amides is 1. The van der Waals surface area contributed by atoms with E-state index in [1.54, 1.807) is 11.9 Å². The van der Waals surface area contributed by atoms with Crippen LogP contribution in [0.5, 0.6) is 5.75 Å². The minimum atomic E-state index is -0.357. The number of benzene rings is 1. The Balaban J connectivity index is 2.55. The van der Waals surface area contributed by atoms with Gasteiger partial charge in [-0.25, -0.2) is 4.39 Å². The van der Waals surface area contributed by atoms with Crippen molar-refractivity contribution < 1.29 is 13.9 Å². The number of halogens is 2. The molecule has 88 valence electrons. The summed E-state index contributed by atoms with van der Waals surface area (Å²) in [4.78, 5) is 13.0. The van der Waals surface area contributed by atoms with Crippen molar-refractivity contribution in [3.05, 3.63) is 28.5 Å². The number of hydrogen-bond acceptors (Lipinski definition) is 2. The third kappa shape index (κ3) is 3.48. The first kappa shape index (κ1) is 13.0. The number of rotatable bonds is 4. The van der Waals surface area contributed by atoms with Gasteiger partial charge in [0.1, 0.15) is 11.6 Å². The molecule has 0 saturated carbocycles. The molecule has 0 heterocycles. The molecule has 1 amide bonds. The zero-order chi connectivity index (χ0) is 12.1. The van der Waals surface area contributed by atoms with Crippen molar-refractivity contribution in [3.63, 3.8) is 0 Å². The summed E-state index contributed by atoms with van der Waals surface area (Å²) in [6.07, 6.45) is 0. The number of hydrogen-bond donors (Lipinski definition) is 0. The molecule has 0 N–H and O–H groups in total. The van der Waals surface area contributed by atoms with E-state index in [0.29, 0.717) is 16.8 Å². The van der Waals surface area contributed by atoms with Gasteiger partial charge in [0.25, 0.3) is 5.91 Å². The van der Waals surface area contributed by atoms with Crippen LogP contribution in [0.3, 0.4) is 0 Å². The third-order valence-corrected chi connectivity index (χ3v) is 2.76. The Kier molecular flexibility index (Phi) is 4.73. The second-order valence-electron chi connectivity index (χ2n) is 3.27. The normalized spacial score (nSPS) is 10.0. The van der Waals surface area contributed by atoms with E-state index in [9.17, 15) is 9.18 Å². The standard InChI is InChI=1S/C11H13BrFNO2/c1-3-14(2)11(15)7-16-8-4-5-10(13)9(12)6-8/h4-6H,3,7H2,1-2H3. The molecule has 0 unspecified atom stereocenters. The lowest BCUT2D eigenvalue weighted by molar-refractivity contribution is -0.131. The van der Waals surface area contributed by atoms with Crippen molar-refractivity contribution in [2.24, 2.45) is 0 Å². The molecule has 1 aromatic rings. The van der Waals surface area contributed by atoms with Gasteiger partial charge in [-0.05, 0) is 41.1 Å². The van der Waals surface area contributed by atoms with Crippen molar-refractivity contribution in [2.45, 2.75) is 6.92 Å². The molecule has 0 aliphatic carbocycles. The van der Waals surface area contributed by atoms with Gasteiger partial charge in [-0.2, -0.15) is 0 Å². The highest BCUT2D eigenvalue weighted by atomic mass is 79.9. The molecule has 0 aliphatic rings. The summed E-state index contributed by atoms with van der Waals surface area (Å²) < 4.78 is 18.5. The first-order valence-corrected chi connectivity index (χ1v) is 5.65. The molecule has 1 rings (SSSR count). The first-order valence-electron chi connectivity index (χ1n) is 4.86. The van der Waals surface area contributed by atoms with Gasteiger partial charge >= 0.3 is 0 Å².